The molecule has 3 N–H and O–H groups in total. The minimum atomic E-state index is -0.0455. The van der Waals surface area contributed by atoms with Crippen molar-refractivity contribution in [1.82, 2.24) is 4.90 Å². The summed E-state index contributed by atoms with van der Waals surface area (Å²) < 4.78 is 11.0. The molecule has 2 fully saturated rings. The molecule has 2 heterocycles. The lowest BCUT2D eigenvalue weighted by molar-refractivity contribution is -0.0965. The first-order valence-corrected chi connectivity index (χ1v) is 6.93. The zero-order chi connectivity index (χ0) is 13.0. The van der Waals surface area contributed by atoms with Crippen molar-refractivity contribution < 1.29 is 14.6 Å². The van der Waals surface area contributed by atoms with Crippen molar-refractivity contribution in [3.8, 4) is 0 Å². The molecule has 0 spiro atoms. The fourth-order valence-corrected chi connectivity index (χ4v) is 2.87. The minimum absolute atomic E-state index is 0.0455. The van der Waals surface area contributed by atoms with Crippen LogP contribution in [0.15, 0.2) is 0 Å². The van der Waals surface area contributed by atoms with Crippen molar-refractivity contribution in [2.45, 2.75) is 31.9 Å². The third-order valence-corrected chi connectivity index (χ3v) is 4.36. The minimum Gasteiger partial charge on any atom is -0.394 e. The molecule has 106 valence electrons. The van der Waals surface area contributed by atoms with E-state index in [1.54, 1.807) is 0 Å². The first-order chi connectivity index (χ1) is 8.69. The highest BCUT2D eigenvalue weighted by Gasteiger charge is 2.36. The van der Waals surface area contributed by atoms with Crippen molar-refractivity contribution in [3.63, 3.8) is 0 Å². The number of nitrogens with two attached hydrogens (primary N) is 1. The number of aliphatic hydroxyl groups excluding tert-OH is 1. The Morgan fingerprint density at radius 3 is 2.72 bits per heavy atom. The van der Waals surface area contributed by atoms with Crippen LogP contribution in [0.5, 0.6) is 0 Å². The highest BCUT2D eigenvalue weighted by Crippen LogP contribution is 2.31. The van der Waals surface area contributed by atoms with Crippen molar-refractivity contribution in [1.29, 1.82) is 0 Å². The van der Waals surface area contributed by atoms with Crippen LogP contribution in [-0.2, 0) is 9.47 Å². The summed E-state index contributed by atoms with van der Waals surface area (Å²) >= 11 is 0. The van der Waals surface area contributed by atoms with Crippen molar-refractivity contribution in [3.05, 3.63) is 0 Å². The van der Waals surface area contributed by atoms with Gasteiger partial charge < -0.3 is 20.3 Å². The standard InChI is InChI=1S/C13H26N2O3/c1-11-8-18-12(7-16)6-15(11)10-13(9-14)2-4-17-5-3-13/h11-12,16H,2-10,14H2,1H3. The maximum Gasteiger partial charge on any atom is 0.0933 e. The number of nitrogens with zero attached hydrogens (tertiary/aromatic N) is 1. The van der Waals surface area contributed by atoms with Crippen LogP contribution in [0.4, 0.5) is 0 Å². The molecule has 2 saturated heterocycles. The molecule has 5 heteroatoms. The fourth-order valence-electron chi connectivity index (χ4n) is 2.87. The quantitative estimate of drug-likeness (QED) is 0.732. The Balaban J connectivity index is 1.96. The van der Waals surface area contributed by atoms with E-state index in [1.165, 1.54) is 0 Å². The second-order valence-corrected chi connectivity index (χ2v) is 5.73. The Bertz CT molecular complexity index is 257. The van der Waals surface area contributed by atoms with Crippen LogP contribution in [-0.4, -0.2) is 68.2 Å². The van der Waals surface area contributed by atoms with Crippen LogP contribution in [0.3, 0.4) is 0 Å². The number of aliphatic hydroxyl groups is 1. The molecule has 0 aromatic rings. The van der Waals surface area contributed by atoms with Gasteiger partial charge in [-0.2, -0.15) is 0 Å². The van der Waals surface area contributed by atoms with Gasteiger partial charge in [-0.05, 0) is 31.7 Å². The third-order valence-electron chi connectivity index (χ3n) is 4.36. The average molecular weight is 258 g/mol. The molecule has 0 aromatic heterocycles. The SMILES string of the molecule is CC1COC(CO)CN1CC1(CN)CCOCC1. The van der Waals surface area contributed by atoms with E-state index in [0.29, 0.717) is 19.2 Å². The maximum atomic E-state index is 9.23. The second kappa shape index (κ2) is 6.30. The first-order valence-electron chi connectivity index (χ1n) is 6.93. The summed E-state index contributed by atoms with van der Waals surface area (Å²) in [6, 6.07) is 0.402. The molecule has 0 radical (unpaired) electrons. The van der Waals surface area contributed by atoms with Crippen molar-refractivity contribution in [2.24, 2.45) is 11.1 Å². The van der Waals surface area contributed by atoms with E-state index < -0.39 is 0 Å². The van der Waals surface area contributed by atoms with Crippen molar-refractivity contribution in [2.75, 3.05) is 46.1 Å². The van der Waals surface area contributed by atoms with Gasteiger partial charge in [-0.1, -0.05) is 0 Å². The molecule has 2 atom stereocenters. The summed E-state index contributed by atoms with van der Waals surface area (Å²) in [4.78, 5) is 2.42. The maximum absolute atomic E-state index is 9.23. The van der Waals surface area contributed by atoms with Gasteiger partial charge in [0.1, 0.15) is 0 Å². The normalized spacial score (nSPS) is 33.5. The van der Waals surface area contributed by atoms with E-state index in [2.05, 4.69) is 11.8 Å². The lowest BCUT2D eigenvalue weighted by atomic mass is 9.79. The van der Waals surface area contributed by atoms with Crippen LogP contribution in [0.2, 0.25) is 0 Å². The van der Waals surface area contributed by atoms with Gasteiger partial charge in [-0.25, -0.2) is 0 Å². The molecular weight excluding hydrogens is 232 g/mol. The summed E-state index contributed by atoms with van der Waals surface area (Å²) in [6.45, 7) is 7.12. The van der Waals surface area contributed by atoms with Gasteiger partial charge in [0.05, 0.1) is 19.3 Å². The van der Waals surface area contributed by atoms with E-state index >= 15 is 0 Å². The third kappa shape index (κ3) is 3.22. The van der Waals surface area contributed by atoms with Crippen LogP contribution in [0, 0.1) is 5.41 Å². The zero-order valence-electron chi connectivity index (χ0n) is 11.3. The van der Waals surface area contributed by atoms with Crippen LogP contribution < -0.4 is 5.73 Å². The predicted molar refractivity (Wildman–Crippen MR) is 69.4 cm³/mol. The van der Waals surface area contributed by atoms with E-state index in [9.17, 15) is 5.11 Å². The highest BCUT2D eigenvalue weighted by atomic mass is 16.5. The Morgan fingerprint density at radius 1 is 1.39 bits per heavy atom. The van der Waals surface area contributed by atoms with E-state index in [0.717, 1.165) is 39.1 Å². The van der Waals surface area contributed by atoms with Crippen LogP contribution in [0.25, 0.3) is 0 Å². The predicted octanol–water partition coefficient (Wildman–Crippen LogP) is -0.176. The van der Waals surface area contributed by atoms with E-state index in [4.69, 9.17) is 15.2 Å². The van der Waals surface area contributed by atoms with Crippen LogP contribution in [0.1, 0.15) is 19.8 Å². The summed E-state index contributed by atoms with van der Waals surface area (Å²) in [5.41, 5.74) is 6.19. The van der Waals surface area contributed by atoms with Gasteiger partial charge >= 0.3 is 0 Å². The monoisotopic (exact) mass is 258 g/mol. The number of rotatable bonds is 4. The van der Waals surface area contributed by atoms with Gasteiger partial charge in [-0.3, -0.25) is 4.90 Å². The summed E-state index contributed by atoms with van der Waals surface area (Å²) in [5, 5.41) is 9.23. The highest BCUT2D eigenvalue weighted by molar-refractivity contribution is 4.89. The van der Waals surface area contributed by atoms with Gasteiger partial charge in [-0.15, -0.1) is 0 Å². The molecule has 5 nitrogen and oxygen atoms in total. The molecule has 2 aliphatic heterocycles. The molecule has 0 aromatic carbocycles. The Kier molecular flexibility index (Phi) is 4.98. The van der Waals surface area contributed by atoms with Gasteiger partial charge in [0, 0.05) is 32.3 Å². The topological polar surface area (TPSA) is 68.0 Å². The van der Waals surface area contributed by atoms with Gasteiger partial charge in [0.2, 0.25) is 0 Å². The lowest BCUT2D eigenvalue weighted by Crippen LogP contribution is -2.55. The molecule has 18 heavy (non-hydrogen) atoms. The number of morpholine rings is 1. The first kappa shape index (κ1) is 14.2. The Labute approximate surface area is 109 Å². The lowest BCUT2D eigenvalue weighted by Gasteiger charge is -2.45. The molecule has 0 amide bonds. The summed E-state index contributed by atoms with van der Waals surface area (Å²) in [6.07, 6.45) is 2.03. The van der Waals surface area contributed by atoms with Gasteiger partial charge in [0.25, 0.3) is 0 Å². The zero-order valence-corrected chi connectivity index (χ0v) is 11.3. The molecule has 2 unspecified atom stereocenters. The number of hydrogen-bond donors (Lipinski definition) is 2. The molecule has 2 aliphatic rings. The summed E-state index contributed by atoms with van der Waals surface area (Å²) in [5.74, 6) is 0. The van der Waals surface area contributed by atoms with E-state index in [1.807, 2.05) is 0 Å². The number of ether oxygens (including phenoxy) is 2. The van der Waals surface area contributed by atoms with Crippen molar-refractivity contribution >= 4 is 0 Å². The smallest absolute Gasteiger partial charge is 0.0933 e. The number of hydrogen-bond acceptors (Lipinski definition) is 5. The largest absolute Gasteiger partial charge is 0.394 e. The molecule has 2 rings (SSSR count). The average Bonchev–Trinajstić information content (AvgIpc) is 2.42. The second-order valence-electron chi connectivity index (χ2n) is 5.73. The summed E-state index contributed by atoms with van der Waals surface area (Å²) in [7, 11) is 0. The molecule has 0 bridgehead atoms. The fraction of sp³-hybridized carbons (Fsp3) is 1.00. The Morgan fingerprint density at radius 2 is 2.11 bits per heavy atom. The Hall–Kier alpha value is -0.200. The molecular formula is C13H26N2O3. The molecule has 0 saturated carbocycles. The molecule has 0 aliphatic carbocycles. The van der Waals surface area contributed by atoms with Crippen LogP contribution >= 0.6 is 0 Å². The van der Waals surface area contributed by atoms with Gasteiger partial charge in [0.15, 0.2) is 0 Å². The van der Waals surface area contributed by atoms with E-state index in [-0.39, 0.29) is 18.1 Å².